The van der Waals surface area contributed by atoms with Crippen LogP contribution in [0.5, 0.6) is 0 Å². The number of carbonyl (C=O) groups is 2. The van der Waals surface area contributed by atoms with E-state index >= 15 is 0 Å². The van der Waals surface area contributed by atoms with Crippen molar-refractivity contribution in [3.8, 4) is 5.82 Å². The van der Waals surface area contributed by atoms with Gasteiger partial charge in [0.2, 0.25) is 11.8 Å². The third-order valence-corrected chi connectivity index (χ3v) is 6.37. The van der Waals surface area contributed by atoms with Gasteiger partial charge in [-0.3, -0.25) is 9.59 Å². The van der Waals surface area contributed by atoms with Gasteiger partial charge in [-0.25, -0.2) is 4.68 Å². The molecule has 3 aromatic rings. The van der Waals surface area contributed by atoms with Gasteiger partial charge in [0.1, 0.15) is 0 Å². The predicted octanol–water partition coefficient (Wildman–Crippen LogP) is 2.33. The first-order valence-electron chi connectivity index (χ1n) is 10.9. The molecule has 2 aliphatic rings. The maximum absolute atomic E-state index is 13.1. The van der Waals surface area contributed by atoms with E-state index in [0.717, 1.165) is 17.2 Å². The first-order valence-corrected chi connectivity index (χ1v) is 11.3. The molecule has 1 atom stereocenters. The molecule has 0 spiro atoms. The Bertz CT molecular complexity index is 1150. The van der Waals surface area contributed by atoms with E-state index in [1.165, 1.54) is 0 Å². The fourth-order valence-electron chi connectivity index (χ4n) is 4.31. The van der Waals surface area contributed by atoms with E-state index in [9.17, 15) is 9.59 Å². The summed E-state index contributed by atoms with van der Waals surface area (Å²) in [7, 11) is 0. The molecule has 0 radical (unpaired) electrons. The lowest BCUT2D eigenvalue weighted by Gasteiger charge is -2.36. The molecule has 10 heteroatoms. The smallest absolute Gasteiger partial charge is 0.228 e. The molecule has 33 heavy (non-hydrogen) atoms. The van der Waals surface area contributed by atoms with Crippen molar-refractivity contribution < 1.29 is 9.59 Å². The molecule has 1 unspecified atom stereocenters. The van der Waals surface area contributed by atoms with Crippen LogP contribution in [0.1, 0.15) is 12.1 Å². The summed E-state index contributed by atoms with van der Waals surface area (Å²) in [6.45, 7) is 4.85. The normalized spacial score (nSPS) is 18.8. The third kappa shape index (κ3) is 4.41. The molecular weight excluding hydrogens is 442 g/mol. The zero-order chi connectivity index (χ0) is 22.9. The Balaban J connectivity index is 1.17. The van der Waals surface area contributed by atoms with Crippen molar-refractivity contribution in [2.45, 2.75) is 13.3 Å². The molecule has 0 saturated carbocycles. The second kappa shape index (κ2) is 8.82. The number of nitrogens with zero attached hydrogens (tertiary/aromatic N) is 7. The average Bonchev–Trinajstić information content (AvgIpc) is 3.45. The summed E-state index contributed by atoms with van der Waals surface area (Å²) in [6, 6.07) is 12.9. The van der Waals surface area contributed by atoms with Crippen molar-refractivity contribution in [3.05, 3.63) is 59.4 Å². The number of anilines is 2. The minimum absolute atomic E-state index is 0.0305. The molecule has 2 fully saturated rings. The fraction of sp³-hybridized carbons (Fsp3) is 0.348. The van der Waals surface area contributed by atoms with Crippen molar-refractivity contribution in [2.24, 2.45) is 5.92 Å². The number of piperazine rings is 1. The highest BCUT2D eigenvalue weighted by Gasteiger charge is 2.38. The first kappa shape index (κ1) is 21.4. The van der Waals surface area contributed by atoms with Crippen LogP contribution in [0.3, 0.4) is 0 Å². The summed E-state index contributed by atoms with van der Waals surface area (Å²) in [5.74, 6) is 1.12. The lowest BCUT2D eigenvalue weighted by molar-refractivity contribution is -0.136. The summed E-state index contributed by atoms with van der Waals surface area (Å²) in [5.41, 5.74) is 1.69. The quantitative estimate of drug-likeness (QED) is 0.587. The van der Waals surface area contributed by atoms with E-state index in [1.807, 2.05) is 48.4 Å². The first-order chi connectivity index (χ1) is 16.0. The van der Waals surface area contributed by atoms with Crippen LogP contribution in [0.2, 0.25) is 5.02 Å². The molecule has 4 heterocycles. The summed E-state index contributed by atoms with van der Waals surface area (Å²) in [6.07, 6.45) is 2.09. The number of carbonyl (C=O) groups excluding carboxylic acids is 2. The van der Waals surface area contributed by atoms with Gasteiger partial charge in [0.05, 0.1) is 11.6 Å². The number of halogens is 1. The molecular formula is C23H24ClN7O2. The van der Waals surface area contributed by atoms with Crippen molar-refractivity contribution in [1.82, 2.24) is 24.9 Å². The Labute approximate surface area is 196 Å². The maximum atomic E-state index is 13.1. The van der Waals surface area contributed by atoms with Crippen LogP contribution >= 0.6 is 11.6 Å². The number of hydrogen-bond donors (Lipinski definition) is 0. The zero-order valence-electron chi connectivity index (χ0n) is 18.3. The molecule has 2 aromatic heterocycles. The van der Waals surface area contributed by atoms with Gasteiger partial charge in [-0.1, -0.05) is 11.6 Å². The SMILES string of the molecule is Cc1ccn(-c2ccc(N3CCN(C(=O)C4CC(=O)N(c5ccc(Cl)cc5)C4)CC3)nn2)n1. The highest BCUT2D eigenvalue weighted by atomic mass is 35.5. The molecule has 1 aromatic carbocycles. The largest absolute Gasteiger partial charge is 0.352 e. The van der Waals surface area contributed by atoms with Gasteiger partial charge in [-0.15, -0.1) is 10.2 Å². The second-order valence-electron chi connectivity index (χ2n) is 8.35. The van der Waals surface area contributed by atoms with Crippen LogP contribution in [-0.2, 0) is 9.59 Å². The average molecular weight is 466 g/mol. The Hall–Kier alpha value is -3.46. The van der Waals surface area contributed by atoms with E-state index in [1.54, 1.807) is 21.7 Å². The number of rotatable bonds is 4. The maximum Gasteiger partial charge on any atom is 0.228 e. The molecule has 0 aliphatic carbocycles. The predicted molar refractivity (Wildman–Crippen MR) is 125 cm³/mol. The summed E-state index contributed by atoms with van der Waals surface area (Å²) >= 11 is 5.95. The van der Waals surface area contributed by atoms with Crippen LogP contribution in [0.4, 0.5) is 11.5 Å². The minimum Gasteiger partial charge on any atom is -0.352 e. The Morgan fingerprint density at radius 3 is 2.30 bits per heavy atom. The number of amides is 2. The molecule has 2 aliphatic heterocycles. The molecule has 9 nitrogen and oxygen atoms in total. The van der Waals surface area contributed by atoms with E-state index in [2.05, 4.69) is 20.2 Å². The van der Waals surface area contributed by atoms with Gasteiger partial charge in [-0.05, 0) is 49.4 Å². The van der Waals surface area contributed by atoms with Gasteiger partial charge < -0.3 is 14.7 Å². The Morgan fingerprint density at radius 1 is 0.970 bits per heavy atom. The van der Waals surface area contributed by atoms with Crippen molar-refractivity contribution in [1.29, 1.82) is 0 Å². The highest BCUT2D eigenvalue weighted by Crippen LogP contribution is 2.28. The van der Waals surface area contributed by atoms with E-state index in [-0.39, 0.29) is 24.2 Å². The molecule has 2 saturated heterocycles. The number of benzene rings is 1. The van der Waals surface area contributed by atoms with Gasteiger partial charge in [0, 0.05) is 56.1 Å². The standard InChI is InChI=1S/C23H24ClN7O2/c1-16-8-9-31(27-16)21-7-6-20(25-26-21)28-10-12-29(13-11-28)23(33)17-14-22(32)30(15-17)19-4-2-18(24)3-5-19/h2-9,17H,10-15H2,1H3. The number of hydrogen-bond acceptors (Lipinski definition) is 6. The van der Waals surface area contributed by atoms with Gasteiger partial charge in [0.15, 0.2) is 11.6 Å². The highest BCUT2D eigenvalue weighted by molar-refractivity contribution is 6.30. The lowest BCUT2D eigenvalue weighted by Crippen LogP contribution is -2.51. The van der Waals surface area contributed by atoms with Gasteiger partial charge in [0.25, 0.3) is 0 Å². The number of aryl methyl sites for hydroxylation is 1. The molecule has 0 bridgehead atoms. The summed E-state index contributed by atoms with van der Waals surface area (Å²) in [4.78, 5) is 31.3. The number of aromatic nitrogens is 4. The second-order valence-corrected chi connectivity index (χ2v) is 8.78. The molecule has 5 rings (SSSR count). The zero-order valence-corrected chi connectivity index (χ0v) is 19.0. The van der Waals surface area contributed by atoms with Gasteiger partial charge >= 0.3 is 0 Å². The minimum atomic E-state index is -0.323. The van der Waals surface area contributed by atoms with Crippen LogP contribution in [0.15, 0.2) is 48.7 Å². The van der Waals surface area contributed by atoms with E-state index in [4.69, 9.17) is 11.6 Å². The van der Waals surface area contributed by atoms with Crippen molar-refractivity contribution in [2.75, 3.05) is 42.5 Å². The van der Waals surface area contributed by atoms with Crippen molar-refractivity contribution in [3.63, 3.8) is 0 Å². The van der Waals surface area contributed by atoms with Gasteiger partial charge in [-0.2, -0.15) is 5.10 Å². The lowest BCUT2D eigenvalue weighted by atomic mass is 10.1. The van der Waals surface area contributed by atoms with Crippen LogP contribution in [0.25, 0.3) is 5.82 Å². The Morgan fingerprint density at radius 2 is 1.67 bits per heavy atom. The monoisotopic (exact) mass is 465 g/mol. The van der Waals surface area contributed by atoms with Crippen LogP contribution < -0.4 is 9.80 Å². The third-order valence-electron chi connectivity index (χ3n) is 6.12. The van der Waals surface area contributed by atoms with Crippen molar-refractivity contribution >= 4 is 34.9 Å². The Kier molecular flexibility index (Phi) is 5.72. The fourth-order valence-corrected chi connectivity index (χ4v) is 4.44. The summed E-state index contributed by atoms with van der Waals surface area (Å²) < 4.78 is 1.69. The summed E-state index contributed by atoms with van der Waals surface area (Å²) in [5, 5.41) is 13.6. The van der Waals surface area contributed by atoms with E-state index in [0.29, 0.717) is 43.6 Å². The molecule has 170 valence electrons. The topological polar surface area (TPSA) is 87.5 Å². The van der Waals surface area contributed by atoms with Crippen LogP contribution in [-0.4, -0.2) is 69.4 Å². The molecule has 0 N–H and O–H groups in total. The molecule has 2 amide bonds. The van der Waals surface area contributed by atoms with Crippen LogP contribution in [0, 0.1) is 12.8 Å². The van der Waals surface area contributed by atoms with E-state index < -0.39 is 0 Å².